The zero-order chi connectivity index (χ0) is 46.5. The Kier molecular flexibility index (Phi) is 21.5. The van der Waals surface area contributed by atoms with Crippen LogP contribution in [0, 0.1) is 0 Å². The molecule has 4 aromatic carbocycles. The lowest BCUT2D eigenvalue weighted by Crippen LogP contribution is -2.36. The summed E-state index contributed by atoms with van der Waals surface area (Å²) >= 11 is 0. The fourth-order valence-electron chi connectivity index (χ4n) is 6.41. The molecule has 6 rings (SSSR count). The van der Waals surface area contributed by atoms with Crippen LogP contribution < -0.4 is 20.1 Å². The minimum Gasteiger partial charge on any atom is -0.493 e. The number of hydrogen-bond acceptors (Lipinski definition) is 10. The number of nitrogens with one attached hydrogen (secondary N) is 2. The number of rotatable bonds is 18. The monoisotopic (exact) mass is 914 g/mol. The van der Waals surface area contributed by atoms with Crippen molar-refractivity contribution in [2.24, 2.45) is 4.99 Å². The van der Waals surface area contributed by atoms with Gasteiger partial charge in [0.2, 0.25) is 6.08 Å². The molecule has 0 fully saturated rings. The molecule has 2 N–H and O–H groups in total. The van der Waals surface area contributed by atoms with E-state index in [2.05, 4.69) is 25.9 Å². The number of aryl methyl sites for hydroxylation is 2. The summed E-state index contributed by atoms with van der Waals surface area (Å²) < 4.78 is 99.8. The second kappa shape index (κ2) is 26.4. The average Bonchev–Trinajstić information content (AvgIpc) is 3.93. The number of anilines is 1. The topological polar surface area (TPSA) is 144 Å². The summed E-state index contributed by atoms with van der Waals surface area (Å²) in [6.07, 6.45) is -3.71. The third kappa shape index (κ3) is 15.7. The van der Waals surface area contributed by atoms with Gasteiger partial charge in [-0.1, -0.05) is 87.8 Å². The van der Waals surface area contributed by atoms with Crippen molar-refractivity contribution in [1.82, 2.24) is 20.5 Å². The van der Waals surface area contributed by atoms with Gasteiger partial charge in [0, 0.05) is 29.9 Å². The number of halogens is 6. The van der Waals surface area contributed by atoms with Crippen molar-refractivity contribution in [3.63, 3.8) is 0 Å². The van der Waals surface area contributed by atoms with E-state index in [1.807, 2.05) is 76.2 Å². The Balaban J connectivity index is 0.000000295. The van der Waals surface area contributed by atoms with E-state index in [1.54, 1.807) is 23.1 Å². The number of carbonyl (C=O) groups is 1. The summed E-state index contributed by atoms with van der Waals surface area (Å²) in [5.41, 5.74) is 0.849. The lowest BCUT2D eigenvalue weighted by atomic mass is 10.0. The lowest BCUT2D eigenvalue weighted by Gasteiger charge is -2.21. The Hall–Kier alpha value is -6.39. The molecule has 2 heterocycles. The van der Waals surface area contributed by atoms with Crippen molar-refractivity contribution >= 4 is 45.4 Å². The van der Waals surface area contributed by atoms with Crippen molar-refractivity contribution in [2.75, 3.05) is 44.7 Å². The number of hydrogen-bond donors (Lipinski definition) is 2. The quantitative estimate of drug-likeness (QED) is 0.0372. The molecule has 352 valence electrons. The van der Waals surface area contributed by atoms with E-state index in [0.717, 1.165) is 31.6 Å². The maximum atomic E-state index is 13.1. The first kappa shape index (κ1) is 53.0. The maximum Gasteiger partial charge on any atom is 0.437 e. The van der Waals surface area contributed by atoms with Gasteiger partial charge in [0.1, 0.15) is 11.5 Å². The summed E-state index contributed by atoms with van der Waals surface area (Å²) in [7, 11) is 0. The SMILES string of the molecule is C.CCCc1c(OCCCN(CC)C(=O)Nc2ccccc2)ccc2c(C(F)(F)F)noc12.CCCc1c(OCCCNCC)ccc2c(C(F)(F)F)noc12.O=C=Nc1ccccc1. The van der Waals surface area contributed by atoms with Gasteiger partial charge in [-0.25, -0.2) is 9.59 Å². The maximum absolute atomic E-state index is 13.1. The van der Waals surface area contributed by atoms with Crippen LogP contribution in [0.5, 0.6) is 11.5 Å². The zero-order valence-corrected chi connectivity index (χ0v) is 36.1. The highest BCUT2D eigenvalue weighted by Gasteiger charge is 2.38. The van der Waals surface area contributed by atoms with E-state index in [9.17, 15) is 35.9 Å². The molecule has 12 nitrogen and oxygen atoms in total. The van der Waals surface area contributed by atoms with Gasteiger partial charge in [-0.05, 0) is 94.2 Å². The van der Waals surface area contributed by atoms with Gasteiger partial charge in [0.25, 0.3) is 0 Å². The Bertz CT molecular complexity index is 2380. The third-order valence-corrected chi connectivity index (χ3v) is 9.40. The van der Waals surface area contributed by atoms with E-state index in [1.165, 1.54) is 24.3 Å². The standard InChI is InChI=1S/C23H26F3N3O3.C16H21F3N2O2.C7H5NO.CH4/c1-3-9-17-19(13-12-18-20(17)32-28-21(18)23(24,25)26)31-15-8-14-29(4-2)22(30)27-16-10-6-5-7-11-16;1-3-6-11-13(22-10-5-9-20-4-2)8-7-12-14(11)23-21-15(12)16(17,18)19;9-6-8-7-4-2-1-3-5-7;/h5-7,10-13H,3-4,8-9,14-15H2,1-2H3,(H,27,30);7-8,20H,3-6,9-10H2,1-2H3;1-5H;1H4. The van der Waals surface area contributed by atoms with Gasteiger partial charge in [0.15, 0.2) is 22.6 Å². The lowest BCUT2D eigenvalue weighted by molar-refractivity contribution is -0.142. The van der Waals surface area contributed by atoms with Crippen LogP contribution in [0.3, 0.4) is 0 Å². The van der Waals surface area contributed by atoms with Gasteiger partial charge in [-0.2, -0.15) is 31.3 Å². The predicted octanol–water partition coefficient (Wildman–Crippen LogP) is 12.6. The zero-order valence-electron chi connectivity index (χ0n) is 36.1. The molecule has 2 aromatic heterocycles. The Morgan fingerprint density at radius 3 is 1.66 bits per heavy atom. The van der Waals surface area contributed by atoms with Crippen molar-refractivity contribution in [3.05, 3.63) is 107 Å². The number of ether oxygens (including phenoxy) is 2. The number of isocyanates is 1. The first-order valence-corrected chi connectivity index (χ1v) is 20.9. The Labute approximate surface area is 374 Å². The number of urea groups is 1. The van der Waals surface area contributed by atoms with Crippen LogP contribution in [-0.4, -0.2) is 66.7 Å². The largest absolute Gasteiger partial charge is 0.493 e. The van der Waals surface area contributed by atoms with Crippen LogP contribution in [0.15, 0.2) is 99.0 Å². The number of fused-ring (bicyclic) bond motifs is 2. The van der Waals surface area contributed by atoms with E-state index in [0.29, 0.717) is 80.3 Å². The molecule has 0 atom stereocenters. The highest BCUT2D eigenvalue weighted by atomic mass is 19.4. The molecule has 65 heavy (non-hydrogen) atoms. The van der Waals surface area contributed by atoms with Crippen LogP contribution in [0.25, 0.3) is 21.9 Å². The highest BCUT2D eigenvalue weighted by Crippen LogP contribution is 2.39. The van der Waals surface area contributed by atoms with E-state index >= 15 is 0 Å². The second-order valence-corrected chi connectivity index (χ2v) is 14.1. The molecule has 0 spiro atoms. The molecule has 0 aliphatic carbocycles. The number of benzene rings is 4. The van der Waals surface area contributed by atoms with Crippen LogP contribution >= 0.6 is 0 Å². The summed E-state index contributed by atoms with van der Waals surface area (Å²) in [6, 6.07) is 23.8. The van der Waals surface area contributed by atoms with Gasteiger partial charge >= 0.3 is 18.4 Å². The number of aliphatic imine (C=N–C) groups is 1. The van der Waals surface area contributed by atoms with Crippen LogP contribution in [0.2, 0.25) is 0 Å². The number of nitrogens with zero attached hydrogens (tertiary/aromatic N) is 4. The van der Waals surface area contributed by atoms with Crippen LogP contribution in [-0.2, 0) is 30.0 Å². The molecule has 0 saturated carbocycles. The van der Waals surface area contributed by atoms with Gasteiger partial charge in [-0.3, -0.25) is 0 Å². The molecule has 0 aliphatic heterocycles. The molecule has 0 aliphatic rings. The second-order valence-electron chi connectivity index (χ2n) is 14.1. The van der Waals surface area contributed by atoms with Crippen LogP contribution in [0.4, 0.5) is 42.5 Å². The molecular formula is C47H56F6N6O6. The first-order chi connectivity index (χ1) is 30.8. The van der Waals surface area contributed by atoms with E-state index in [-0.39, 0.29) is 35.4 Å². The number of alkyl halides is 6. The van der Waals surface area contributed by atoms with Crippen LogP contribution in [0.1, 0.15) is 83.3 Å². The Morgan fingerprint density at radius 2 is 1.22 bits per heavy atom. The number of amides is 2. The third-order valence-electron chi connectivity index (χ3n) is 9.40. The summed E-state index contributed by atoms with van der Waals surface area (Å²) in [4.78, 5) is 27.2. The normalized spacial score (nSPS) is 11.0. The first-order valence-electron chi connectivity index (χ1n) is 20.9. The molecule has 0 bridgehead atoms. The van der Waals surface area contributed by atoms with Gasteiger partial charge < -0.3 is 34.1 Å². The summed E-state index contributed by atoms with van der Waals surface area (Å²) in [5, 5.41) is 12.4. The molecule has 0 saturated heterocycles. The highest BCUT2D eigenvalue weighted by molar-refractivity contribution is 5.89. The molecule has 2 amide bonds. The predicted molar refractivity (Wildman–Crippen MR) is 238 cm³/mol. The van der Waals surface area contributed by atoms with Crippen molar-refractivity contribution in [2.45, 2.75) is 86.0 Å². The molecule has 6 aromatic rings. The van der Waals surface area contributed by atoms with Crippen molar-refractivity contribution in [3.8, 4) is 11.5 Å². The molecule has 18 heteroatoms. The minimum absolute atomic E-state index is 0. The van der Waals surface area contributed by atoms with E-state index < -0.39 is 23.7 Å². The molecule has 0 unspecified atom stereocenters. The molecule has 0 radical (unpaired) electrons. The summed E-state index contributed by atoms with van der Waals surface area (Å²) in [5.74, 6) is 1.04. The van der Waals surface area contributed by atoms with Gasteiger partial charge in [-0.15, -0.1) is 0 Å². The fourth-order valence-corrected chi connectivity index (χ4v) is 6.41. The number of para-hydroxylation sites is 2. The van der Waals surface area contributed by atoms with Gasteiger partial charge in [0.05, 0.1) is 29.7 Å². The van der Waals surface area contributed by atoms with Crippen molar-refractivity contribution in [1.29, 1.82) is 0 Å². The minimum atomic E-state index is -4.58. The Morgan fingerprint density at radius 1 is 0.723 bits per heavy atom. The molecular weight excluding hydrogens is 859 g/mol. The number of aromatic nitrogens is 2. The number of carbonyl (C=O) groups excluding carboxylic acids is 2. The van der Waals surface area contributed by atoms with E-state index in [4.69, 9.17) is 18.5 Å². The smallest absolute Gasteiger partial charge is 0.437 e. The summed E-state index contributed by atoms with van der Waals surface area (Å²) in [6.45, 7) is 11.3. The fraction of sp³-hybridized carbons (Fsp3) is 0.404. The average molecular weight is 915 g/mol. The van der Waals surface area contributed by atoms with Crippen molar-refractivity contribution < 1.29 is 54.5 Å².